The highest BCUT2D eigenvalue weighted by Crippen LogP contribution is 2.12. The Bertz CT molecular complexity index is 776. The van der Waals surface area contributed by atoms with Crippen molar-refractivity contribution in [3.8, 4) is 0 Å². The molecule has 2 aromatic carbocycles. The lowest BCUT2D eigenvalue weighted by molar-refractivity contribution is -0.117. The van der Waals surface area contributed by atoms with Crippen molar-refractivity contribution in [2.24, 2.45) is 0 Å². The van der Waals surface area contributed by atoms with E-state index in [1.54, 1.807) is 24.3 Å². The van der Waals surface area contributed by atoms with Crippen LogP contribution in [-0.2, 0) is 11.3 Å². The molecule has 1 saturated heterocycles. The van der Waals surface area contributed by atoms with Gasteiger partial charge in [-0.05, 0) is 43.7 Å². The summed E-state index contributed by atoms with van der Waals surface area (Å²) in [6, 6.07) is 15.7. The van der Waals surface area contributed by atoms with Gasteiger partial charge in [0.15, 0.2) is 5.78 Å². The van der Waals surface area contributed by atoms with Crippen LogP contribution in [0.25, 0.3) is 0 Å². The van der Waals surface area contributed by atoms with Gasteiger partial charge in [-0.25, -0.2) is 0 Å². The third kappa shape index (κ3) is 5.74. The largest absolute Gasteiger partial charge is 0.325 e. The van der Waals surface area contributed by atoms with Gasteiger partial charge in [-0.3, -0.25) is 19.4 Å². The number of hydrogen-bond donors (Lipinski definition) is 1. The standard InChI is InChI=1S/C22H27N3O2/c1-17-3-5-19(6-4-17)15-24-11-13-25(14-12-24)16-22(27)23-21-9-7-20(8-10-21)18(2)26/h3-10H,11-16H2,1-2H3,(H,23,27). The number of rotatable bonds is 6. The molecule has 5 heteroatoms. The fraction of sp³-hybridized carbons (Fsp3) is 0.364. The SMILES string of the molecule is CC(=O)c1ccc(NC(=O)CN2CCN(Cc3ccc(C)cc3)CC2)cc1. The summed E-state index contributed by atoms with van der Waals surface area (Å²) in [5.41, 5.74) is 3.99. The van der Waals surface area contributed by atoms with E-state index < -0.39 is 0 Å². The van der Waals surface area contributed by atoms with Gasteiger partial charge in [-0.1, -0.05) is 29.8 Å². The fourth-order valence-electron chi connectivity index (χ4n) is 3.25. The summed E-state index contributed by atoms with van der Waals surface area (Å²) < 4.78 is 0. The van der Waals surface area contributed by atoms with Crippen LogP contribution in [0.1, 0.15) is 28.4 Å². The van der Waals surface area contributed by atoms with Gasteiger partial charge < -0.3 is 5.32 Å². The summed E-state index contributed by atoms with van der Waals surface area (Å²) in [5.74, 6) is 0.00828. The van der Waals surface area contributed by atoms with E-state index in [1.807, 2.05) is 0 Å². The van der Waals surface area contributed by atoms with Crippen LogP contribution in [-0.4, -0.2) is 54.2 Å². The predicted molar refractivity (Wildman–Crippen MR) is 108 cm³/mol. The van der Waals surface area contributed by atoms with Crippen molar-refractivity contribution in [3.63, 3.8) is 0 Å². The molecule has 0 aliphatic carbocycles. The molecule has 3 rings (SSSR count). The molecule has 0 atom stereocenters. The van der Waals surface area contributed by atoms with Gasteiger partial charge in [0.2, 0.25) is 5.91 Å². The normalized spacial score (nSPS) is 15.5. The van der Waals surface area contributed by atoms with Crippen LogP contribution < -0.4 is 5.32 Å². The smallest absolute Gasteiger partial charge is 0.238 e. The zero-order valence-electron chi connectivity index (χ0n) is 16.1. The summed E-state index contributed by atoms with van der Waals surface area (Å²) in [4.78, 5) is 28.2. The summed E-state index contributed by atoms with van der Waals surface area (Å²) in [7, 11) is 0. The summed E-state index contributed by atoms with van der Waals surface area (Å²) >= 11 is 0. The highest BCUT2D eigenvalue weighted by Gasteiger charge is 2.19. The average molecular weight is 365 g/mol. The molecule has 1 aliphatic rings. The monoisotopic (exact) mass is 365 g/mol. The molecule has 0 unspecified atom stereocenters. The number of anilines is 1. The van der Waals surface area contributed by atoms with Crippen LogP contribution in [0.3, 0.4) is 0 Å². The molecule has 0 aromatic heterocycles. The molecule has 1 N–H and O–H groups in total. The number of carbonyl (C=O) groups excluding carboxylic acids is 2. The van der Waals surface area contributed by atoms with Gasteiger partial charge in [0.1, 0.15) is 0 Å². The minimum atomic E-state index is -0.0161. The molecule has 0 bridgehead atoms. The number of amides is 1. The van der Waals surface area contributed by atoms with Crippen LogP contribution in [0, 0.1) is 6.92 Å². The Balaban J connectivity index is 1.42. The zero-order chi connectivity index (χ0) is 19.2. The molecule has 27 heavy (non-hydrogen) atoms. The number of nitrogens with zero attached hydrogens (tertiary/aromatic N) is 2. The number of ketones is 1. The molecule has 1 amide bonds. The molecule has 1 aliphatic heterocycles. The van der Waals surface area contributed by atoms with Crippen molar-refractivity contribution >= 4 is 17.4 Å². The predicted octanol–water partition coefficient (Wildman–Crippen LogP) is 2.95. The average Bonchev–Trinajstić information content (AvgIpc) is 2.65. The first-order chi connectivity index (χ1) is 13.0. The van der Waals surface area contributed by atoms with Gasteiger partial charge in [-0.2, -0.15) is 0 Å². The molecule has 2 aromatic rings. The molecular weight excluding hydrogens is 338 g/mol. The molecule has 0 spiro atoms. The summed E-state index contributed by atoms with van der Waals surface area (Å²) in [6.07, 6.45) is 0. The maximum atomic E-state index is 12.3. The van der Waals surface area contributed by atoms with Gasteiger partial charge in [0, 0.05) is 44.0 Å². The van der Waals surface area contributed by atoms with E-state index in [2.05, 4.69) is 46.3 Å². The van der Waals surface area contributed by atoms with E-state index in [9.17, 15) is 9.59 Å². The summed E-state index contributed by atoms with van der Waals surface area (Å²) in [6.45, 7) is 8.71. The second-order valence-corrected chi connectivity index (χ2v) is 7.22. The van der Waals surface area contributed by atoms with E-state index in [0.29, 0.717) is 12.1 Å². The van der Waals surface area contributed by atoms with E-state index >= 15 is 0 Å². The highest BCUT2D eigenvalue weighted by molar-refractivity contribution is 5.96. The number of Topliss-reactive ketones (excluding diaryl/α,β-unsaturated/α-hetero) is 1. The molecule has 0 saturated carbocycles. The van der Waals surface area contributed by atoms with Gasteiger partial charge >= 0.3 is 0 Å². The molecule has 1 fully saturated rings. The van der Waals surface area contributed by atoms with Crippen LogP contribution >= 0.6 is 0 Å². The fourth-order valence-corrected chi connectivity index (χ4v) is 3.25. The Morgan fingerprint density at radius 1 is 0.889 bits per heavy atom. The van der Waals surface area contributed by atoms with Crippen LogP contribution in [0.5, 0.6) is 0 Å². The van der Waals surface area contributed by atoms with Crippen LogP contribution in [0.2, 0.25) is 0 Å². The Morgan fingerprint density at radius 2 is 1.48 bits per heavy atom. The van der Waals surface area contributed by atoms with E-state index in [4.69, 9.17) is 0 Å². The van der Waals surface area contributed by atoms with Crippen molar-refractivity contribution < 1.29 is 9.59 Å². The number of aryl methyl sites for hydroxylation is 1. The van der Waals surface area contributed by atoms with Crippen LogP contribution in [0.15, 0.2) is 48.5 Å². The maximum Gasteiger partial charge on any atom is 0.238 e. The van der Waals surface area contributed by atoms with Crippen molar-refractivity contribution in [2.75, 3.05) is 38.0 Å². The number of hydrogen-bond acceptors (Lipinski definition) is 4. The number of nitrogens with one attached hydrogen (secondary N) is 1. The number of carbonyl (C=O) groups is 2. The van der Waals surface area contributed by atoms with E-state index in [-0.39, 0.29) is 11.7 Å². The molecule has 5 nitrogen and oxygen atoms in total. The first kappa shape index (κ1) is 19.3. The Morgan fingerprint density at radius 3 is 2.07 bits per heavy atom. The Kier molecular flexibility index (Phi) is 6.37. The molecule has 0 radical (unpaired) electrons. The van der Waals surface area contributed by atoms with E-state index in [0.717, 1.165) is 38.4 Å². The molecular formula is C22H27N3O2. The maximum absolute atomic E-state index is 12.3. The minimum Gasteiger partial charge on any atom is -0.325 e. The van der Waals surface area contributed by atoms with E-state index in [1.165, 1.54) is 18.1 Å². The molecule has 142 valence electrons. The lowest BCUT2D eigenvalue weighted by atomic mass is 10.1. The van der Waals surface area contributed by atoms with Crippen molar-refractivity contribution in [2.45, 2.75) is 20.4 Å². The second-order valence-electron chi connectivity index (χ2n) is 7.22. The van der Waals surface area contributed by atoms with Crippen molar-refractivity contribution in [1.29, 1.82) is 0 Å². The van der Waals surface area contributed by atoms with Crippen molar-refractivity contribution in [3.05, 3.63) is 65.2 Å². The first-order valence-electron chi connectivity index (χ1n) is 9.41. The molecule has 1 heterocycles. The Labute approximate surface area is 161 Å². The summed E-state index contributed by atoms with van der Waals surface area (Å²) in [5, 5.41) is 2.91. The Hall–Kier alpha value is -2.50. The lowest BCUT2D eigenvalue weighted by Crippen LogP contribution is -2.48. The van der Waals surface area contributed by atoms with Gasteiger partial charge in [0.25, 0.3) is 0 Å². The van der Waals surface area contributed by atoms with Crippen molar-refractivity contribution in [1.82, 2.24) is 9.80 Å². The number of piperazine rings is 1. The van der Waals surface area contributed by atoms with Crippen LogP contribution in [0.4, 0.5) is 5.69 Å². The number of benzene rings is 2. The third-order valence-corrected chi connectivity index (χ3v) is 4.93. The zero-order valence-corrected chi connectivity index (χ0v) is 16.1. The minimum absolute atomic E-state index is 0.0161. The third-order valence-electron chi connectivity index (χ3n) is 4.93. The highest BCUT2D eigenvalue weighted by atomic mass is 16.2. The first-order valence-corrected chi connectivity index (χ1v) is 9.41. The van der Waals surface area contributed by atoms with Gasteiger partial charge in [-0.15, -0.1) is 0 Å². The second kappa shape index (κ2) is 8.93. The van der Waals surface area contributed by atoms with Gasteiger partial charge in [0.05, 0.1) is 6.54 Å². The topological polar surface area (TPSA) is 52.7 Å². The quantitative estimate of drug-likeness (QED) is 0.800. The lowest BCUT2D eigenvalue weighted by Gasteiger charge is -2.34.